The van der Waals surface area contributed by atoms with Gasteiger partial charge in [-0.15, -0.1) is 11.8 Å². The highest BCUT2D eigenvalue weighted by atomic mass is 35.5. The monoisotopic (exact) mass is 362 g/mol. The van der Waals surface area contributed by atoms with E-state index in [0.29, 0.717) is 27.4 Å². The summed E-state index contributed by atoms with van der Waals surface area (Å²) in [5.41, 5.74) is 0. The van der Waals surface area contributed by atoms with Crippen molar-refractivity contribution in [1.82, 2.24) is 0 Å². The molecule has 0 aliphatic carbocycles. The molecule has 0 saturated carbocycles. The number of thioether (sulfide) groups is 1. The Balaban J connectivity index is 1.98. The molecule has 1 N–H and O–H groups in total. The van der Waals surface area contributed by atoms with Gasteiger partial charge in [-0.2, -0.15) is 0 Å². The van der Waals surface area contributed by atoms with Gasteiger partial charge in [0.15, 0.2) is 0 Å². The van der Waals surface area contributed by atoms with E-state index in [1.807, 2.05) is 0 Å². The highest BCUT2D eigenvalue weighted by molar-refractivity contribution is 8.00. The molecule has 0 spiro atoms. The maximum absolute atomic E-state index is 9.48. The summed E-state index contributed by atoms with van der Waals surface area (Å²) < 4.78 is 5.64. The molecule has 2 rings (SSSR count). The van der Waals surface area contributed by atoms with Crippen LogP contribution in [0, 0.1) is 0 Å². The third kappa shape index (κ3) is 4.97. The second kappa shape index (κ2) is 8.16. The third-order valence-electron chi connectivity index (χ3n) is 2.66. The van der Waals surface area contributed by atoms with Crippen LogP contribution in [0.3, 0.4) is 0 Å². The number of hydrogen-bond acceptors (Lipinski definition) is 3. The van der Waals surface area contributed by atoms with Crippen molar-refractivity contribution in [2.24, 2.45) is 0 Å². The standard InChI is InChI=1S/C15H13Cl3O2S/c16-10-4-6-11(7-5-10)20-9-12(8-19)21-15-13(17)2-1-3-14(15)18/h1-7,12,19H,8-9H2. The van der Waals surface area contributed by atoms with E-state index in [4.69, 9.17) is 39.5 Å². The van der Waals surface area contributed by atoms with Crippen LogP contribution >= 0.6 is 46.6 Å². The summed E-state index contributed by atoms with van der Waals surface area (Å²) in [6.07, 6.45) is 0. The summed E-state index contributed by atoms with van der Waals surface area (Å²) in [7, 11) is 0. The van der Waals surface area contributed by atoms with Crippen molar-refractivity contribution in [2.75, 3.05) is 13.2 Å². The van der Waals surface area contributed by atoms with Crippen LogP contribution in [0.1, 0.15) is 0 Å². The molecule has 0 aromatic heterocycles. The maximum atomic E-state index is 9.48. The minimum atomic E-state index is -0.168. The molecule has 1 unspecified atom stereocenters. The van der Waals surface area contributed by atoms with E-state index < -0.39 is 0 Å². The number of benzene rings is 2. The van der Waals surface area contributed by atoms with Crippen LogP contribution in [0.5, 0.6) is 5.75 Å². The van der Waals surface area contributed by atoms with Gasteiger partial charge < -0.3 is 9.84 Å². The van der Waals surface area contributed by atoms with E-state index in [9.17, 15) is 5.11 Å². The van der Waals surface area contributed by atoms with Crippen molar-refractivity contribution in [1.29, 1.82) is 0 Å². The van der Waals surface area contributed by atoms with Crippen molar-refractivity contribution in [3.05, 3.63) is 57.5 Å². The zero-order chi connectivity index (χ0) is 15.2. The number of aliphatic hydroxyl groups is 1. The normalized spacial score (nSPS) is 12.2. The van der Waals surface area contributed by atoms with E-state index in [-0.39, 0.29) is 11.9 Å². The predicted molar refractivity (Wildman–Crippen MR) is 90.1 cm³/mol. The van der Waals surface area contributed by atoms with Crippen molar-refractivity contribution in [3.63, 3.8) is 0 Å². The lowest BCUT2D eigenvalue weighted by molar-refractivity contribution is 0.241. The van der Waals surface area contributed by atoms with Gasteiger partial charge >= 0.3 is 0 Å². The Labute approximate surface area is 143 Å². The molecular formula is C15H13Cl3O2S. The molecule has 6 heteroatoms. The van der Waals surface area contributed by atoms with Crippen molar-refractivity contribution in [3.8, 4) is 5.75 Å². The Hall–Kier alpha value is -0.580. The maximum Gasteiger partial charge on any atom is 0.119 e. The molecule has 2 aromatic rings. The number of aliphatic hydroxyl groups excluding tert-OH is 1. The Bertz CT molecular complexity index is 570. The summed E-state index contributed by atoms with van der Waals surface area (Å²) in [6, 6.07) is 12.4. The number of hydrogen-bond donors (Lipinski definition) is 1. The quantitative estimate of drug-likeness (QED) is 0.717. The van der Waals surface area contributed by atoms with Crippen LogP contribution in [0.4, 0.5) is 0 Å². The van der Waals surface area contributed by atoms with Gasteiger partial charge in [-0.3, -0.25) is 0 Å². The first-order chi connectivity index (χ1) is 10.1. The highest BCUT2D eigenvalue weighted by Gasteiger charge is 2.15. The van der Waals surface area contributed by atoms with Gasteiger partial charge in [-0.05, 0) is 36.4 Å². The molecule has 0 radical (unpaired) electrons. The van der Waals surface area contributed by atoms with E-state index in [1.165, 1.54) is 11.8 Å². The largest absolute Gasteiger partial charge is 0.492 e. The second-order valence-electron chi connectivity index (χ2n) is 4.24. The van der Waals surface area contributed by atoms with Crippen LogP contribution < -0.4 is 4.74 Å². The predicted octanol–water partition coefficient (Wildman–Crippen LogP) is 5.18. The molecule has 2 nitrogen and oxygen atoms in total. The number of halogens is 3. The molecule has 0 heterocycles. The van der Waals surface area contributed by atoms with Crippen LogP contribution in [0.15, 0.2) is 47.4 Å². The summed E-state index contributed by atoms with van der Waals surface area (Å²) in [6.45, 7) is 0.296. The lowest BCUT2D eigenvalue weighted by atomic mass is 10.3. The minimum absolute atomic E-state index is 0.0419. The second-order valence-corrected chi connectivity index (χ2v) is 6.80. The van der Waals surface area contributed by atoms with E-state index in [2.05, 4.69) is 0 Å². The topological polar surface area (TPSA) is 29.5 Å². The molecule has 21 heavy (non-hydrogen) atoms. The van der Waals surface area contributed by atoms with E-state index >= 15 is 0 Å². The SMILES string of the molecule is OCC(COc1ccc(Cl)cc1)Sc1c(Cl)cccc1Cl. The molecule has 0 fully saturated rings. The van der Waals surface area contributed by atoms with Crippen LogP contribution in [-0.4, -0.2) is 23.6 Å². The van der Waals surface area contributed by atoms with Gasteiger partial charge in [0.1, 0.15) is 12.4 Å². The van der Waals surface area contributed by atoms with E-state index in [0.717, 1.165) is 4.90 Å². The molecule has 112 valence electrons. The zero-order valence-corrected chi connectivity index (χ0v) is 14.0. The molecule has 1 atom stereocenters. The first kappa shape index (κ1) is 16.8. The zero-order valence-electron chi connectivity index (χ0n) is 10.9. The van der Waals surface area contributed by atoms with Gasteiger partial charge in [0, 0.05) is 9.92 Å². The van der Waals surface area contributed by atoms with Gasteiger partial charge in [-0.1, -0.05) is 40.9 Å². The Morgan fingerprint density at radius 3 is 2.19 bits per heavy atom. The average molecular weight is 364 g/mol. The van der Waals surface area contributed by atoms with Gasteiger partial charge in [0.25, 0.3) is 0 Å². The average Bonchev–Trinajstić information content (AvgIpc) is 2.48. The Morgan fingerprint density at radius 2 is 1.62 bits per heavy atom. The van der Waals surface area contributed by atoms with Crippen LogP contribution in [0.25, 0.3) is 0 Å². The number of ether oxygens (including phenoxy) is 1. The van der Waals surface area contributed by atoms with Gasteiger partial charge in [-0.25, -0.2) is 0 Å². The summed E-state index contributed by atoms with van der Waals surface area (Å²) in [5, 5.41) is 11.1. The molecule has 0 aliphatic heterocycles. The minimum Gasteiger partial charge on any atom is -0.492 e. The van der Waals surface area contributed by atoms with Gasteiger partial charge in [0.05, 0.1) is 21.9 Å². The smallest absolute Gasteiger partial charge is 0.119 e. The molecule has 2 aromatic carbocycles. The van der Waals surface area contributed by atoms with Gasteiger partial charge in [0.2, 0.25) is 0 Å². The number of rotatable bonds is 6. The fraction of sp³-hybridized carbons (Fsp3) is 0.200. The third-order valence-corrected chi connectivity index (χ3v) is 5.06. The highest BCUT2D eigenvalue weighted by Crippen LogP contribution is 2.36. The van der Waals surface area contributed by atoms with Crippen LogP contribution in [-0.2, 0) is 0 Å². The molecular weight excluding hydrogens is 351 g/mol. The fourth-order valence-electron chi connectivity index (χ4n) is 1.61. The van der Waals surface area contributed by atoms with Crippen LogP contribution in [0.2, 0.25) is 15.1 Å². The summed E-state index contributed by atoms with van der Waals surface area (Å²) in [4.78, 5) is 0.750. The first-order valence-electron chi connectivity index (χ1n) is 6.20. The summed E-state index contributed by atoms with van der Waals surface area (Å²) in [5.74, 6) is 0.698. The first-order valence-corrected chi connectivity index (χ1v) is 8.21. The fourth-order valence-corrected chi connectivity index (χ4v) is 3.30. The Morgan fingerprint density at radius 1 is 1.00 bits per heavy atom. The van der Waals surface area contributed by atoms with Crippen molar-refractivity contribution < 1.29 is 9.84 Å². The Kier molecular flexibility index (Phi) is 6.52. The lowest BCUT2D eigenvalue weighted by Gasteiger charge is -2.16. The molecule has 0 bridgehead atoms. The molecule has 0 saturated heterocycles. The molecule has 0 amide bonds. The lowest BCUT2D eigenvalue weighted by Crippen LogP contribution is -2.18. The van der Waals surface area contributed by atoms with Crippen molar-refractivity contribution in [2.45, 2.75) is 10.1 Å². The van der Waals surface area contributed by atoms with Crippen molar-refractivity contribution >= 4 is 46.6 Å². The summed E-state index contributed by atoms with van der Waals surface area (Å²) >= 11 is 19.5. The molecule has 0 aliphatic rings. The van der Waals surface area contributed by atoms with E-state index in [1.54, 1.807) is 42.5 Å².